The van der Waals surface area contributed by atoms with E-state index in [0.29, 0.717) is 23.7 Å². The van der Waals surface area contributed by atoms with Crippen molar-refractivity contribution in [1.82, 2.24) is 0 Å². The maximum atomic E-state index is 11.5. The Morgan fingerprint density at radius 3 is 2.89 bits per heavy atom. The van der Waals surface area contributed by atoms with E-state index in [0.717, 1.165) is 5.56 Å². The van der Waals surface area contributed by atoms with Gasteiger partial charge in [-0.1, -0.05) is 12.1 Å². The minimum atomic E-state index is -0.374. The molecule has 94 valence electrons. The highest BCUT2D eigenvalue weighted by Gasteiger charge is 2.12. The third kappa shape index (κ3) is 2.37. The lowest BCUT2D eigenvalue weighted by atomic mass is 10.1. The number of carbonyl (C=O) groups excluding carboxylic acids is 1. The van der Waals surface area contributed by atoms with Crippen molar-refractivity contribution in [1.29, 1.82) is 0 Å². The fourth-order valence-electron chi connectivity index (χ4n) is 1.68. The molecule has 4 heteroatoms. The molecular formula is C14H14O4. The van der Waals surface area contributed by atoms with Crippen LogP contribution in [-0.4, -0.2) is 19.7 Å². The highest BCUT2D eigenvalue weighted by Crippen LogP contribution is 2.31. The molecule has 0 saturated heterocycles. The van der Waals surface area contributed by atoms with E-state index in [9.17, 15) is 4.79 Å². The van der Waals surface area contributed by atoms with Crippen LogP contribution in [0.15, 0.2) is 41.0 Å². The molecule has 0 spiro atoms. The SMILES string of the molecule is CCOc1ccoc1-c1cccc(C(=O)OC)c1. The van der Waals surface area contributed by atoms with Gasteiger partial charge in [0.15, 0.2) is 11.5 Å². The summed E-state index contributed by atoms with van der Waals surface area (Å²) >= 11 is 0. The Kier molecular flexibility index (Phi) is 3.67. The molecule has 2 rings (SSSR count). The van der Waals surface area contributed by atoms with E-state index in [4.69, 9.17) is 9.15 Å². The number of hydrogen-bond donors (Lipinski definition) is 0. The largest absolute Gasteiger partial charge is 0.490 e. The normalized spacial score (nSPS) is 10.1. The molecule has 0 atom stereocenters. The Bertz CT molecular complexity index is 542. The molecule has 0 aliphatic carbocycles. The molecule has 0 unspecified atom stereocenters. The molecule has 0 amide bonds. The summed E-state index contributed by atoms with van der Waals surface area (Å²) in [4.78, 5) is 11.5. The van der Waals surface area contributed by atoms with Gasteiger partial charge < -0.3 is 13.9 Å². The van der Waals surface area contributed by atoms with Gasteiger partial charge in [-0.3, -0.25) is 0 Å². The molecule has 0 aliphatic rings. The monoisotopic (exact) mass is 246 g/mol. The molecule has 1 heterocycles. The topological polar surface area (TPSA) is 48.7 Å². The van der Waals surface area contributed by atoms with Crippen LogP contribution in [-0.2, 0) is 4.74 Å². The van der Waals surface area contributed by atoms with Gasteiger partial charge in [0, 0.05) is 11.6 Å². The lowest BCUT2D eigenvalue weighted by Gasteiger charge is -2.05. The summed E-state index contributed by atoms with van der Waals surface area (Å²) in [6, 6.07) is 8.79. The number of methoxy groups -OCH3 is 1. The van der Waals surface area contributed by atoms with E-state index in [1.165, 1.54) is 7.11 Å². The molecule has 0 fully saturated rings. The summed E-state index contributed by atoms with van der Waals surface area (Å²) < 4.78 is 15.5. The highest BCUT2D eigenvalue weighted by atomic mass is 16.5. The lowest BCUT2D eigenvalue weighted by molar-refractivity contribution is 0.0601. The van der Waals surface area contributed by atoms with E-state index in [1.54, 1.807) is 30.5 Å². The average Bonchev–Trinajstić information content (AvgIpc) is 2.87. The number of esters is 1. The van der Waals surface area contributed by atoms with Gasteiger partial charge >= 0.3 is 5.97 Å². The van der Waals surface area contributed by atoms with E-state index < -0.39 is 0 Å². The molecule has 0 N–H and O–H groups in total. The lowest BCUT2D eigenvalue weighted by Crippen LogP contribution is -2.00. The van der Waals surface area contributed by atoms with Gasteiger partial charge in [0.2, 0.25) is 0 Å². The fourth-order valence-corrected chi connectivity index (χ4v) is 1.68. The summed E-state index contributed by atoms with van der Waals surface area (Å²) in [5.74, 6) is 0.906. The van der Waals surface area contributed by atoms with Crippen molar-refractivity contribution in [3.8, 4) is 17.1 Å². The number of rotatable bonds is 4. The smallest absolute Gasteiger partial charge is 0.337 e. The minimum Gasteiger partial charge on any atom is -0.490 e. The van der Waals surface area contributed by atoms with Gasteiger partial charge in [0.25, 0.3) is 0 Å². The van der Waals surface area contributed by atoms with Crippen LogP contribution in [0, 0.1) is 0 Å². The van der Waals surface area contributed by atoms with Gasteiger partial charge in [0.1, 0.15) is 0 Å². The standard InChI is InChI=1S/C14H14O4/c1-3-17-12-7-8-18-13(12)10-5-4-6-11(9-10)14(15)16-2/h4-9H,3H2,1-2H3. The van der Waals surface area contributed by atoms with Crippen molar-refractivity contribution >= 4 is 5.97 Å². The Hall–Kier alpha value is -2.23. The summed E-state index contributed by atoms with van der Waals surface area (Å²) in [7, 11) is 1.35. The number of hydrogen-bond acceptors (Lipinski definition) is 4. The number of benzene rings is 1. The van der Waals surface area contributed by atoms with Crippen LogP contribution in [0.4, 0.5) is 0 Å². The van der Waals surface area contributed by atoms with E-state index >= 15 is 0 Å². The van der Waals surface area contributed by atoms with E-state index in [1.807, 2.05) is 13.0 Å². The quantitative estimate of drug-likeness (QED) is 0.777. The van der Waals surface area contributed by atoms with Crippen LogP contribution in [0.25, 0.3) is 11.3 Å². The van der Waals surface area contributed by atoms with Crippen LogP contribution >= 0.6 is 0 Å². The Labute approximate surface area is 105 Å². The first-order chi connectivity index (χ1) is 8.76. The number of carbonyl (C=O) groups is 1. The summed E-state index contributed by atoms with van der Waals surface area (Å²) in [5, 5.41) is 0. The molecule has 0 saturated carbocycles. The van der Waals surface area contributed by atoms with Crippen molar-refractivity contribution in [2.75, 3.05) is 13.7 Å². The van der Waals surface area contributed by atoms with Gasteiger partial charge in [0.05, 0.1) is 25.5 Å². The van der Waals surface area contributed by atoms with Gasteiger partial charge in [-0.15, -0.1) is 0 Å². The Balaban J connectivity index is 2.38. The highest BCUT2D eigenvalue weighted by molar-refractivity contribution is 5.90. The third-order valence-corrected chi connectivity index (χ3v) is 2.47. The van der Waals surface area contributed by atoms with E-state index in [-0.39, 0.29) is 5.97 Å². The van der Waals surface area contributed by atoms with Crippen LogP contribution in [0.5, 0.6) is 5.75 Å². The first-order valence-corrected chi connectivity index (χ1v) is 5.65. The first-order valence-electron chi connectivity index (χ1n) is 5.65. The van der Waals surface area contributed by atoms with E-state index in [2.05, 4.69) is 4.74 Å². The van der Waals surface area contributed by atoms with Crippen LogP contribution in [0.1, 0.15) is 17.3 Å². The molecule has 1 aromatic heterocycles. The molecule has 1 aromatic carbocycles. The maximum absolute atomic E-state index is 11.5. The third-order valence-electron chi connectivity index (χ3n) is 2.47. The molecule has 2 aromatic rings. The molecule has 18 heavy (non-hydrogen) atoms. The van der Waals surface area contributed by atoms with Crippen molar-refractivity contribution in [3.63, 3.8) is 0 Å². The maximum Gasteiger partial charge on any atom is 0.337 e. The van der Waals surface area contributed by atoms with Crippen LogP contribution in [0.3, 0.4) is 0 Å². The van der Waals surface area contributed by atoms with Crippen molar-refractivity contribution < 1.29 is 18.7 Å². The van der Waals surface area contributed by atoms with Crippen LogP contribution in [0.2, 0.25) is 0 Å². The predicted molar refractivity (Wildman–Crippen MR) is 66.7 cm³/mol. The van der Waals surface area contributed by atoms with Gasteiger partial charge in [-0.2, -0.15) is 0 Å². The van der Waals surface area contributed by atoms with Crippen molar-refractivity contribution in [3.05, 3.63) is 42.2 Å². The van der Waals surface area contributed by atoms with Gasteiger partial charge in [-0.05, 0) is 19.1 Å². The van der Waals surface area contributed by atoms with Crippen LogP contribution < -0.4 is 4.74 Å². The zero-order valence-electron chi connectivity index (χ0n) is 10.3. The molecular weight excluding hydrogens is 232 g/mol. The summed E-state index contributed by atoms with van der Waals surface area (Å²) in [6.45, 7) is 2.46. The number of furan rings is 1. The molecule has 4 nitrogen and oxygen atoms in total. The summed E-state index contributed by atoms with van der Waals surface area (Å²) in [6.07, 6.45) is 1.56. The molecule has 0 aliphatic heterocycles. The average molecular weight is 246 g/mol. The van der Waals surface area contributed by atoms with Crippen molar-refractivity contribution in [2.45, 2.75) is 6.92 Å². The molecule has 0 radical (unpaired) electrons. The predicted octanol–water partition coefficient (Wildman–Crippen LogP) is 3.13. The second-order valence-corrected chi connectivity index (χ2v) is 3.62. The molecule has 0 bridgehead atoms. The summed E-state index contributed by atoms with van der Waals surface area (Å²) in [5.41, 5.74) is 1.26. The Morgan fingerprint density at radius 2 is 2.17 bits per heavy atom. The zero-order chi connectivity index (χ0) is 13.0. The first kappa shape index (κ1) is 12.2. The second kappa shape index (κ2) is 5.40. The van der Waals surface area contributed by atoms with Crippen molar-refractivity contribution in [2.24, 2.45) is 0 Å². The zero-order valence-corrected chi connectivity index (χ0v) is 10.3. The number of ether oxygens (including phenoxy) is 2. The second-order valence-electron chi connectivity index (χ2n) is 3.62. The van der Waals surface area contributed by atoms with Gasteiger partial charge in [-0.25, -0.2) is 4.79 Å². The minimum absolute atomic E-state index is 0.374. The Morgan fingerprint density at radius 1 is 1.33 bits per heavy atom. The fraction of sp³-hybridized carbons (Fsp3) is 0.214.